The van der Waals surface area contributed by atoms with Crippen LogP contribution in [0.2, 0.25) is 0 Å². The molecular weight excluding hydrogens is 494 g/mol. The highest BCUT2D eigenvalue weighted by atomic mass is 79.9. The number of ether oxygens (including phenoxy) is 2. The molecule has 170 valence electrons. The maximum absolute atomic E-state index is 12.4. The average Bonchev–Trinajstić information content (AvgIpc) is 3.28. The fourth-order valence-corrected chi connectivity index (χ4v) is 3.03. The van der Waals surface area contributed by atoms with E-state index in [4.69, 9.17) is 19.7 Å². The van der Waals surface area contributed by atoms with Crippen molar-refractivity contribution in [1.82, 2.24) is 15.5 Å². The van der Waals surface area contributed by atoms with E-state index in [1.807, 2.05) is 0 Å². The number of aliphatic imine (C=N–C) groups is 1. The number of benzene rings is 2. The first-order valence-electron chi connectivity index (χ1n) is 9.71. The lowest BCUT2D eigenvalue weighted by Gasteiger charge is -2.08. The van der Waals surface area contributed by atoms with Crippen molar-refractivity contribution in [2.24, 2.45) is 10.7 Å². The molecule has 3 N–H and O–H groups in total. The van der Waals surface area contributed by atoms with Crippen LogP contribution < -0.4 is 15.8 Å². The van der Waals surface area contributed by atoms with Gasteiger partial charge in [-0.2, -0.15) is 9.98 Å². The predicted molar refractivity (Wildman–Crippen MR) is 124 cm³/mol. The van der Waals surface area contributed by atoms with Crippen LogP contribution in [-0.4, -0.2) is 41.5 Å². The first kappa shape index (κ1) is 23.7. The Morgan fingerprint density at radius 3 is 2.67 bits per heavy atom. The van der Waals surface area contributed by atoms with Crippen LogP contribution in [0.5, 0.6) is 11.5 Å². The Labute approximate surface area is 197 Å². The van der Waals surface area contributed by atoms with Crippen LogP contribution >= 0.6 is 15.9 Å². The van der Waals surface area contributed by atoms with Gasteiger partial charge in [-0.1, -0.05) is 21.1 Å². The standard InChI is InChI=1S/C22H20BrN5O5/c1-3-31-22(30)21-27-19(28-33-21)13-4-6-16(7-5-13)32-17-11-14(10-15(23)12-17)20(29)26-18(24)8-9-25-2/h4-12,25H,3H2,1-2H3,(H2,24,26,29)/b9-8-. The van der Waals surface area contributed by atoms with Gasteiger partial charge in [0.15, 0.2) is 0 Å². The molecular formula is C22H20BrN5O5. The molecule has 0 bridgehead atoms. The summed E-state index contributed by atoms with van der Waals surface area (Å²) in [6.45, 7) is 1.89. The van der Waals surface area contributed by atoms with Crippen LogP contribution in [0.4, 0.5) is 0 Å². The predicted octanol–water partition coefficient (Wildman–Crippen LogP) is 3.70. The maximum Gasteiger partial charge on any atom is 0.397 e. The number of amidine groups is 1. The first-order chi connectivity index (χ1) is 15.9. The lowest BCUT2D eigenvalue weighted by atomic mass is 10.2. The molecule has 10 nitrogen and oxygen atoms in total. The first-order valence-corrected chi connectivity index (χ1v) is 10.5. The molecule has 1 aromatic heterocycles. The van der Waals surface area contributed by atoms with Crippen molar-refractivity contribution in [2.75, 3.05) is 13.7 Å². The molecule has 11 heteroatoms. The van der Waals surface area contributed by atoms with E-state index in [1.54, 1.807) is 62.6 Å². The van der Waals surface area contributed by atoms with Gasteiger partial charge in [0.25, 0.3) is 5.91 Å². The van der Waals surface area contributed by atoms with Crippen molar-refractivity contribution in [3.63, 3.8) is 0 Å². The van der Waals surface area contributed by atoms with E-state index < -0.39 is 11.9 Å². The molecule has 1 heterocycles. The summed E-state index contributed by atoms with van der Waals surface area (Å²) in [6, 6.07) is 11.7. The van der Waals surface area contributed by atoms with Crippen molar-refractivity contribution in [3.8, 4) is 22.9 Å². The zero-order valence-corrected chi connectivity index (χ0v) is 19.3. The minimum atomic E-state index is -0.680. The summed E-state index contributed by atoms with van der Waals surface area (Å²) in [6.07, 6.45) is 3.05. The number of amides is 1. The number of halogens is 1. The Balaban J connectivity index is 1.74. The number of aromatic nitrogens is 2. The van der Waals surface area contributed by atoms with Gasteiger partial charge in [-0.15, -0.1) is 0 Å². The molecule has 3 aromatic rings. The Bertz CT molecular complexity index is 1200. The normalized spacial score (nSPS) is 11.4. The molecule has 0 radical (unpaired) electrons. The van der Waals surface area contributed by atoms with E-state index in [9.17, 15) is 9.59 Å². The van der Waals surface area contributed by atoms with Gasteiger partial charge in [0, 0.05) is 22.6 Å². The highest BCUT2D eigenvalue weighted by Gasteiger charge is 2.17. The molecule has 3 rings (SSSR count). The summed E-state index contributed by atoms with van der Waals surface area (Å²) >= 11 is 3.37. The van der Waals surface area contributed by atoms with E-state index in [-0.39, 0.29) is 24.2 Å². The number of esters is 1. The third-order valence-corrected chi connectivity index (χ3v) is 4.45. The third-order valence-electron chi connectivity index (χ3n) is 3.99. The fraction of sp³-hybridized carbons (Fsp3) is 0.136. The van der Waals surface area contributed by atoms with Gasteiger partial charge in [0.2, 0.25) is 5.82 Å². The van der Waals surface area contributed by atoms with E-state index in [2.05, 4.69) is 36.4 Å². The van der Waals surface area contributed by atoms with Crippen LogP contribution in [-0.2, 0) is 4.74 Å². The van der Waals surface area contributed by atoms with Crippen LogP contribution in [0.3, 0.4) is 0 Å². The fourth-order valence-electron chi connectivity index (χ4n) is 2.56. The molecule has 0 aliphatic heterocycles. The summed E-state index contributed by atoms with van der Waals surface area (Å²) in [4.78, 5) is 32.0. The van der Waals surface area contributed by atoms with E-state index in [0.717, 1.165) is 0 Å². The molecule has 0 saturated carbocycles. The smallest absolute Gasteiger partial charge is 0.397 e. The van der Waals surface area contributed by atoms with E-state index in [1.165, 1.54) is 6.08 Å². The summed E-state index contributed by atoms with van der Waals surface area (Å²) in [7, 11) is 1.71. The van der Waals surface area contributed by atoms with Gasteiger partial charge >= 0.3 is 11.9 Å². The highest BCUT2D eigenvalue weighted by Crippen LogP contribution is 2.28. The lowest BCUT2D eigenvalue weighted by molar-refractivity contribution is 0.0470. The van der Waals surface area contributed by atoms with Gasteiger partial charge in [-0.05, 0) is 61.7 Å². The maximum atomic E-state index is 12.4. The third kappa shape index (κ3) is 6.50. The van der Waals surface area contributed by atoms with Crippen LogP contribution in [0.1, 0.15) is 28.0 Å². The van der Waals surface area contributed by atoms with Crippen LogP contribution in [0.15, 0.2) is 68.7 Å². The molecule has 0 aliphatic carbocycles. The van der Waals surface area contributed by atoms with Crippen LogP contribution in [0.25, 0.3) is 11.4 Å². The van der Waals surface area contributed by atoms with Gasteiger partial charge < -0.3 is 25.0 Å². The number of nitrogens with one attached hydrogen (secondary N) is 1. The Morgan fingerprint density at radius 2 is 1.97 bits per heavy atom. The second-order valence-corrected chi connectivity index (χ2v) is 7.33. The Morgan fingerprint density at radius 1 is 1.21 bits per heavy atom. The van der Waals surface area contributed by atoms with Gasteiger partial charge in [0.1, 0.15) is 17.3 Å². The van der Waals surface area contributed by atoms with Gasteiger partial charge in [-0.25, -0.2) is 4.79 Å². The number of hydrogen-bond acceptors (Lipinski definition) is 8. The SMILES string of the molecule is CCOC(=O)c1nc(-c2ccc(Oc3cc(Br)cc(C(=O)N=C(N)/C=C\NC)c3)cc2)no1. The summed E-state index contributed by atoms with van der Waals surface area (Å²) in [5, 5.41) is 6.55. The van der Waals surface area contributed by atoms with Crippen molar-refractivity contribution < 1.29 is 23.6 Å². The Kier molecular flexibility index (Phi) is 7.92. The number of carbonyl (C=O) groups excluding carboxylic acids is 2. The molecule has 0 fully saturated rings. The largest absolute Gasteiger partial charge is 0.459 e. The van der Waals surface area contributed by atoms with Gasteiger partial charge in [0.05, 0.1) is 6.61 Å². The zero-order chi connectivity index (χ0) is 23.8. The number of rotatable bonds is 8. The molecule has 0 spiro atoms. The number of hydrogen-bond donors (Lipinski definition) is 2. The lowest BCUT2D eigenvalue weighted by Crippen LogP contribution is -2.12. The number of carbonyl (C=O) groups is 2. The number of nitrogens with zero attached hydrogens (tertiary/aromatic N) is 3. The monoisotopic (exact) mass is 513 g/mol. The molecule has 2 aromatic carbocycles. The quantitative estimate of drug-likeness (QED) is 0.261. The second kappa shape index (κ2) is 11.0. The van der Waals surface area contributed by atoms with Crippen molar-refractivity contribution >= 4 is 33.6 Å². The van der Waals surface area contributed by atoms with Crippen molar-refractivity contribution in [2.45, 2.75) is 6.92 Å². The summed E-state index contributed by atoms with van der Waals surface area (Å²) < 4.78 is 16.3. The minimum Gasteiger partial charge on any atom is -0.459 e. The Hall–Kier alpha value is -3.99. The zero-order valence-electron chi connectivity index (χ0n) is 17.7. The molecule has 0 saturated heterocycles. The molecule has 0 atom stereocenters. The van der Waals surface area contributed by atoms with Crippen molar-refractivity contribution in [1.29, 1.82) is 0 Å². The van der Waals surface area contributed by atoms with Gasteiger partial charge in [-0.3, -0.25) is 4.79 Å². The molecule has 0 unspecified atom stereocenters. The summed E-state index contributed by atoms with van der Waals surface area (Å²) in [5.41, 5.74) is 6.63. The highest BCUT2D eigenvalue weighted by molar-refractivity contribution is 9.10. The van der Waals surface area contributed by atoms with E-state index in [0.29, 0.717) is 27.1 Å². The number of nitrogens with two attached hydrogens (primary N) is 1. The molecule has 33 heavy (non-hydrogen) atoms. The van der Waals surface area contributed by atoms with Crippen LogP contribution in [0, 0.1) is 0 Å². The topological polar surface area (TPSA) is 142 Å². The average molecular weight is 514 g/mol. The summed E-state index contributed by atoms with van der Waals surface area (Å²) in [5.74, 6) is -0.177. The van der Waals surface area contributed by atoms with E-state index >= 15 is 0 Å². The minimum absolute atomic E-state index is 0.0694. The molecule has 1 amide bonds. The second-order valence-electron chi connectivity index (χ2n) is 6.41. The van der Waals surface area contributed by atoms with Crippen molar-refractivity contribution in [3.05, 3.63) is 70.7 Å². The molecule has 0 aliphatic rings.